The van der Waals surface area contributed by atoms with E-state index in [2.05, 4.69) is 9.80 Å². The number of hydrogen-bond donors (Lipinski definition) is 0. The Morgan fingerprint density at radius 2 is 1.87 bits per heavy atom. The summed E-state index contributed by atoms with van der Waals surface area (Å²) >= 11 is 0. The fourth-order valence-electron chi connectivity index (χ4n) is 5.60. The largest absolute Gasteiger partial charge is 0.342 e. The Labute approximate surface area is 139 Å². The van der Waals surface area contributed by atoms with E-state index in [4.69, 9.17) is 0 Å². The molecular formula is C19H30N2O2. The third-order valence-electron chi connectivity index (χ3n) is 6.77. The average Bonchev–Trinajstić information content (AvgIpc) is 3.07. The van der Waals surface area contributed by atoms with Gasteiger partial charge in [0.1, 0.15) is 0 Å². The summed E-state index contributed by atoms with van der Waals surface area (Å²) in [6, 6.07) is 0.415. The van der Waals surface area contributed by atoms with E-state index in [-0.39, 0.29) is 0 Å². The van der Waals surface area contributed by atoms with Crippen LogP contribution in [0.3, 0.4) is 0 Å². The van der Waals surface area contributed by atoms with Crippen LogP contribution in [-0.4, -0.2) is 47.3 Å². The van der Waals surface area contributed by atoms with E-state index >= 15 is 0 Å². The highest BCUT2D eigenvalue weighted by Crippen LogP contribution is 2.38. The van der Waals surface area contributed by atoms with Gasteiger partial charge in [-0.1, -0.05) is 25.7 Å². The molecular weight excluding hydrogens is 288 g/mol. The lowest BCUT2D eigenvalue weighted by Gasteiger charge is -2.52. The second kappa shape index (κ2) is 6.45. The van der Waals surface area contributed by atoms with E-state index in [1.807, 2.05) is 0 Å². The second-order valence-corrected chi connectivity index (χ2v) is 8.36. The first-order valence-electron chi connectivity index (χ1n) is 9.78. The van der Waals surface area contributed by atoms with Crippen LogP contribution in [0.1, 0.15) is 64.2 Å². The summed E-state index contributed by atoms with van der Waals surface area (Å²) in [5.74, 6) is 2.58. The van der Waals surface area contributed by atoms with Gasteiger partial charge in [-0.3, -0.25) is 9.59 Å². The van der Waals surface area contributed by atoms with Crippen LogP contribution >= 0.6 is 0 Å². The topological polar surface area (TPSA) is 40.6 Å². The molecule has 0 radical (unpaired) electrons. The van der Waals surface area contributed by atoms with Gasteiger partial charge in [0, 0.05) is 38.5 Å². The van der Waals surface area contributed by atoms with Crippen LogP contribution in [-0.2, 0) is 9.59 Å². The first-order chi connectivity index (χ1) is 11.2. The number of fused-ring (bicyclic) bond motifs is 4. The quantitative estimate of drug-likeness (QED) is 0.803. The zero-order valence-corrected chi connectivity index (χ0v) is 14.2. The third kappa shape index (κ3) is 3.14. The second-order valence-electron chi connectivity index (χ2n) is 8.36. The third-order valence-corrected chi connectivity index (χ3v) is 6.77. The van der Waals surface area contributed by atoms with Gasteiger partial charge in [0.25, 0.3) is 0 Å². The van der Waals surface area contributed by atoms with Crippen LogP contribution < -0.4 is 0 Å². The molecule has 3 saturated heterocycles. The normalized spacial score (nSPS) is 34.6. The molecule has 4 rings (SSSR count). The number of carbonyl (C=O) groups excluding carboxylic acids is 2. The van der Waals surface area contributed by atoms with E-state index in [0.717, 1.165) is 57.7 Å². The summed E-state index contributed by atoms with van der Waals surface area (Å²) < 4.78 is 0. The van der Waals surface area contributed by atoms with E-state index < -0.39 is 0 Å². The lowest BCUT2D eigenvalue weighted by Crippen LogP contribution is -2.61. The number of carbonyl (C=O) groups is 2. The Kier molecular flexibility index (Phi) is 4.33. The van der Waals surface area contributed by atoms with Crippen molar-refractivity contribution < 1.29 is 9.59 Å². The number of nitrogens with zero attached hydrogens (tertiary/aromatic N) is 2. The first kappa shape index (κ1) is 15.5. The highest BCUT2D eigenvalue weighted by Gasteiger charge is 2.44. The van der Waals surface area contributed by atoms with Crippen molar-refractivity contribution in [2.24, 2.45) is 17.8 Å². The summed E-state index contributed by atoms with van der Waals surface area (Å²) in [5, 5.41) is 0. The molecule has 128 valence electrons. The minimum absolute atomic E-state index is 0.358. The van der Waals surface area contributed by atoms with Crippen molar-refractivity contribution in [3.63, 3.8) is 0 Å². The van der Waals surface area contributed by atoms with Crippen molar-refractivity contribution in [1.29, 1.82) is 0 Å². The van der Waals surface area contributed by atoms with Gasteiger partial charge in [0.05, 0.1) is 0 Å². The molecule has 23 heavy (non-hydrogen) atoms. The summed E-state index contributed by atoms with van der Waals surface area (Å²) in [6.45, 7) is 2.68. The molecule has 4 fully saturated rings. The minimum atomic E-state index is 0.358. The number of piperidine rings is 3. The maximum absolute atomic E-state index is 12.7. The minimum Gasteiger partial charge on any atom is -0.342 e. The van der Waals surface area contributed by atoms with E-state index in [0.29, 0.717) is 29.7 Å². The number of rotatable bonds is 3. The number of amides is 2. The molecule has 2 amide bonds. The maximum atomic E-state index is 12.7. The monoisotopic (exact) mass is 318 g/mol. The predicted molar refractivity (Wildman–Crippen MR) is 88.7 cm³/mol. The van der Waals surface area contributed by atoms with Gasteiger partial charge < -0.3 is 9.80 Å². The van der Waals surface area contributed by atoms with Crippen molar-refractivity contribution in [2.75, 3.05) is 19.6 Å². The predicted octanol–water partition coefficient (Wildman–Crippen LogP) is 2.82. The van der Waals surface area contributed by atoms with Gasteiger partial charge in [-0.2, -0.15) is 0 Å². The summed E-state index contributed by atoms with van der Waals surface area (Å²) in [4.78, 5) is 29.1. The summed E-state index contributed by atoms with van der Waals surface area (Å²) in [6.07, 6.45) is 11.4. The molecule has 3 aliphatic heterocycles. The molecule has 1 aliphatic carbocycles. The van der Waals surface area contributed by atoms with Crippen LogP contribution in [0.5, 0.6) is 0 Å². The van der Waals surface area contributed by atoms with Crippen LogP contribution in [0.15, 0.2) is 0 Å². The van der Waals surface area contributed by atoms with E-state index in [1.54, 1.807) is 0 Å². The van der Waals surface area contributed by atoms with Crippen molar-refractivity contribution in [3.05, 3.63) is 0 Å². The fourth-order valence-corrected chi connectivity index (χ4v) is 5.60. The highest BCUT2D eigenvalue weighted by atomic mass is 16.2. The van der Waals surface area contributed by atoms with Crippen molar-refractivity contribution >= 4 is 11.8 Å². The molecule has 0 aromatic rings. The lowest BCUT2D eigenvalue weighted by molar-refractivity contribution is -0.148. The molecule has 0 aromatic heterocycles. The Hall–Kier alpha value is -1.06. The van der Waals surface area contributed by atoms with Gasteiger partial charge in [-0.25, -0.2) is 0 Å². The van der Waals surface area contributed by atoms with E-state index in [1.165, 1.54) is 32.1 Å². The molecule has 4 nitrogen and oxygen atoms in total. The van der Waals surface area contributed by atoms with Crippen molar-refractivity contribution in [1.82, 2.24) is 9.80 Å². The van der Waals surface area contributed by atoms with Crippen molar-refractivity contribution in [3.8, 4) is 0 Å². The number of hydrogen-bond acceptors (Lipinski definition) is 2. The molecule has 3 atom stereocenters. The molecule has 0 spiro atoms. The van der Waals surface area contributed by atoms with Gasteiger partial charge >= 0.3 is 0 Å². The molecule has 1 saturated carbocycles. The van der Waals surface area contributed by atoms with Gasteiger partial charge in [0.2, 0.25) is 11.8 Å². The lowest BCUT2D eigenvalue weighted by atomic mass is 9.76. The molecule has 4 aliphatic rings. The Morgan fingerprint density at radius 1 is 1.04 bits per heavy atom. The first-order valence-corrected chi connectivity index (χ1v) is 9.78. The Morgan fingerprint density at radius 3 is 2.70 bits per heavy atom. The standard InChI is InChI=1S/C19H30N2O2/c22-18(9-8-14-4-1-2-5-14)20-11-15-10-16(13-20)17-6-3-7-19(23)21(17)12-15/h14-17H,1-13H2/t15?,16?,17-/m1/s1. The van der Waals surface area contributed by atoms with Gasteiger partial charge in [-0.15, -0.1) is 0 Å². The maximum Gasteiger partial charge on any atom is 0.222 e. The zero-order valence-electron chi connectivity index (χ0n) is 14.2. The molecule has 0 aromatic carbocycles. The molecule has 3 heterocycles. The van der Waals surface area contributed by atoms with Gasteiger partial charge in [-0.05, 0) is 43.4 Å². The fraction of sp³-hybridized carbons (Fsp3) is 0.895. The average molecular weight is 318 g/mol. The zero-order chi connectivity index (χ0) is 15.8. The molecule has 4 heteroatoms. The van der Waals surface area contributed by atoms with Crippen LogP contribution in [0.4, 0.5) is 0 Å². The highest BCUT2D eigenvalue weighted by molar-refractivity contribution is 5.78. The van der Waals surface area contributed by atoms with Crippen LogP contribution in [0.2, 0.25) is 0 Å². The van der Waals surface area contributed by atoms with E-state index in [9.17, 15) is 9.59 Å². The molecule has 2 unspecified atom stereocenters. The Bertz CT molecular complexity index is 472. The summed E-state index contributed by atoms with van der Waals surface area (Å²) in [7, 11) is 0. The smallest absolute Gasteiger partial charge is 0.222 e. The van der Waals surface area contributed by atoms with Gasteiger partial charge in [0.15, 0.2) is 0 Å². The summed E-state index contributed by atoms with van der Waals surface area (Å²) in [5.41, 5.74) is 0. The van der Waals surface area contributed by atoms with Crippen LogP contribution in [0, 0.1) is 17.8 Å². The Balaban J connectivity index is 1.35. The SMILES string of the molecule is O=C(CCC1CCCC1)N1CC2CC(C1)[C@H]1CCCC(=O)N1C2. The molecule has 2 bridgehead atoms. The number of likely N-dealkylation sites (tertiary alicyclic amines) is 1. The van der Waals surface area contributed by atoms with Crippen molar-refractivity contribution in [2.45, 2.75) is 70.3 Å². The van der Waals surface area contributed by atoms with Crippen LogP contribution in [0.25, 0.3) is 0 Å². The molecule has 0 N–H and O–H groups in total.